The molecule has 114 valence electrons. The van der Waals surface area contributed by atoms with E-state index in [2.05, 4.69) is 29.0 Å². The maximum Gasteiger partial charge on any atom is 0.269 e. The van der Waals surface area contributed by atoms with Gasteiger partial charge in [-0.1, -0.05) is 0 Å². The standard InChI is InChI=1S/C14H17N3O2S.ClH/c1-11-6-9-20-14(11)10-15-7-8-16-12-2-4-13(5-3-12)17(18)19;/h2-6,9,15-16H,7-8,10H2,1H3;1H. The molecule has 0 fully saturated rings. The van der Waals surface area contributed by atoms with Crippen LogP contribution in [0.4, 0.5) is 11.4 Å². The third-order valence-corrected chi connectivity index (χ3v) is 3.99. The minimum absolute atomic E-state index is 0. The molecule has 0 saturated heterocycles. The Morgan fingerprint density at radius 2 is 1.90 bits per heavy atom. The third-order valence-electron chi connectivity index (χ3n) is 2.96. The molecule has 0 aliphatic rings. The zero-order valence-corrected chi connectivity index (χ0v) is 13.3. The summed E-state index contributed by atoms with van der Waals surface area (Å²) in [6.45, 7) is 4.62. The number of halogens is 1. The molecule has 21 heavy (non-hydrogen) atoms. The molecule has 0 spiro atoms. The first-order valence-electron chi connectivity index (χ1n) is 6.39. The monoisotopic (exact) mass is 327 g/mol. The number of nitrogens with zero attached hydrogens (tertiary/aromatic N) is 1. The van der Waals surface area contributed by atoms with Crippen LogP contribution in [-0.4, -0.2) is 18.0 Å². The average Bonchev–Trinajstić information content (AvgIpc) is 2.84. The highest BCUT2D eigenvalue weighted by atomic mass is 35.5. The maximum absolute atomic E-state index is 10.5. The Hall–Kier alpha value is -1.63. The van der Waals surface area contributed by atoms with Crippen molar-refractivity contribution >= 4 is 35.1 Å². The van der Waals surface area contributed by atoms with Crippen LogP contribution in [0.1, 0.15) is 10.4 Å². The topological polar surface area (TPSA) is 67.2 Å². The van der Waals surface area contributed by atoms with Crippen LogP contribution in [0.3, 0.4) is 0 Å². The number of non-ortho nitro benzene ring substituents is 1. The van der Waals surface area contributed by atoms with Gasteiger partial charge in [0.2, 0.25) is 0 Å². The second-order valence-electron chi connectivity index (χ2n) is 4.43. The van der Waals surface area contributed by atoms with Gasteiger partial charge in [0.15, 0.2) is 0 Å². The molecule has 1 aromatic carbocycles. The highest BCUT2D eigenvalue weighted by Gasteiger charge is 2.03. The molecule has 0 unspecified atom stereocenters. The number of benzene rings is 1. The molecule has 0 saturated carbocycles. The van der Waals surface area contributed by atoms with Crippen LogP contribution >= 0.6 is 23.7 Å². The summed E-state index contributed by atoms with van der Waals surface area (Å²) in [5.74, 6) is 0. The number of nitro benzene ring substituents is 1. The van der Waals surface area contributed by atoms with Crippen LogP contribution in [0.25, 0.3) is 0 Å². The lowest BCUT2D eigenvalue weighted by molar-refractivity contribution is -0.384. The van der Waals surface area contributed by atoms with E-state index in [0.29, 0.717) is 0 Å². The fourth-order valence-electron chi connectivity index (χ4n) is 1.78. The normalized spacial score (nSPS) is 9.95. The van der Waals surface area contributed by atoms with Gasteiger partial charge in [-0.3, -0.25) is 10.1 Å². The highest BCUT2D eigenvalue weighted by molar-refractivity contribution is 7.10. The van der Waals surface area contributed by atoms with E-state index in [-0.39, 0.29) is 18.1 Å². The molecule has 0 amide bonds. The average molecular weight is 328 g/mol. The van der Waals surface area contributed by atoms with Gasteiger partial charge in [-0.2, -0.15) is 0 Å². The van der Waals surface area contributed by atoms with Crippen molar-refractivity contribution in [2.45, 2.75) is 13.5 Å². The van der Waals surface area contributed by atoms with Gasteiger partial charge in [-0.25, -0.2) is 0 Å². The maximum atomic E-state index is 10.5. The number of anilines is 1. The first kappa shape index (κ1) is 17.4. The van der Waals surface area contributed by atoms with Gasteiger partial charge in [0.25, 0.3) is 5.69 Å². The Morgan fingerprint density at radius 3 is 2.48 bits per heavy atom. The van der Waals surface area contributed by atoms with Crippen LogP contribution in [0.15, 0.2) is 35.7 Å². The fourth-order valence-corrected chi connectivity index (χ4v) is 2.66. The number of hydrogen-bond acceptors (Lipinski definition) is 5. The first-order chi connectivity index (χ1) is 9.66. The van der Waals surface area contributed by atoms with Crippen LogP contribution < -0.4 is 10.6 Å². The second kappa shape index (κ2) is 8.61. The lowest BCUT2D eigenvalue weighted by Gasteiger charge is -2.07. The van der Waals surface area contributed by atoms with Crippen molar-refractivity contribution in [2.75, 3.05) is 18.4 Å². The van der Waals surface area contributed by atoms with E-state index >= 15 is 0 Å². The van der Waals surface area contributed by atoms with E-state index in [0.717, 1.165) is 25.3 Å². The van der Waals surface area contributed by atoms with Crippen molar-refractivity contribution in [2.24, 2.45) is 0 Å². The predicted molar refractivity (Wildman–Crippen MR) is 89.6 cm³/mol. The molecule has 2 rings (SSSR count). The van der Waals surface area contributed by atoms with E-state index in [1.165, 1.54) is 22.6 Å². The van der Waals surface area contributed by atoms with Crippen molar-refractivity contribution in [3.63, 3.8) is 0 Å². The summed E-state index contributed by atoms with van der Waals surface area (Å²) in [5, 5.41) is 19.2. The van der Waals surface area contributed by atoms with Crippen molar-refractivity contribution < 1.29 is 4.92 Å². The smallest absolute Gasteiger partial charge is 0.269 e. The van der Waals surface area contributed by atoms with Crippen LogP contribution in [-0.2, 0) is 6.54 Å². The summed E-state index contributed by atoms with van der Waals surface area (Å²) < 4.78 is 0. The van der Waals surface area contributed by atoms with Gasteiger partial charge in [0.05, 0.1) is 4.92 Å². The lowest BCUT2D eigenvalue weighted by Crippen LogP contribution is -2.21. The van der Waals surface area contributed by atoms with E-state index in [1.54, 1.807) is 23.5 Å². The largest absolute Gasteiger partial charge is 0.384 e. The third kappa shape index (κ3) is 5.34. The molecule has 1 aromatic heterocycles. The summed E-state index contributed by atoms with van der Waals surface area (Å²) in [6, 6.07) is 8.58. The Bertz CT molecular complexity index is 572. The fraction of sp³-hybridized carbons (Fsp3) is 0.286. The summed E-state index contributed by atoms with van der Waals surface area (Å²) in [4.78, 5) is 11.5. The number of nitrogens with one attached hydrogen (secondary N) is 2. The van der Waals surface area contributed by atoms with Crippen LogP contribution in [0.5, 0.6) is 0 Å². The van der Waals surface area contributed by atoms with E-state index in [9.17, 15) is 10.1 Å². The Kier molecular flexibility index (Phi) is 7.14. The lowest BCUT2D eigenvalue weighted by atomic mass is 10.3. The molecule has 2 aromatic rings. The van der Waals surface area contributed by atoms with Crippen molar-refractivity contribution in [1.82, 2.24) is 5.32 Å². The van der Waals surface area contributed by atoms with Gasteiger partial charge in [0, 0.05) is 42.3 Å². The zero-order chi connectivity index (χ0) is 14.4. The highest BCUT2D eigenvalue weighted by Crippen LogP contribution is 2.15. The molecule has 0 bridgehead atoms. The van der Waals surface area contributed by atoms with Gasteiger partial charge in [0.1, 0.15) is 0 Å². The van der Waals surface area contributed by atoms with Crippen LogP contribution in [0.2, 0.25) is 0 Å². The van der Waals surface area contributed by atoms with Gasteiger partial charge < -0.3 is 10.6 Å². The van der Waals surface area contributed by atoms with Crippen molar-refractivity contribution in [1.29, 1.82) is 0 Å². The summed E-state index contributed by atoms with van der Waals surface area (Å²) in [7, 11) is 0. The predicted octanol–water partition coefficient (Wildman–Crippen LogP) is 3.59. The molecule has 0 aliphatic heterocycles. The second-order valence-corrected chi connectivity index (χ2v) is 5.43. The van der Waals surface area contributed by atoms with Gasteiger partial charge in [-0.15, -0.1) is 23.7 Å². The number of rotatable bonds is 7. The van der Waals surface area contributed by atoms with Gasteiger partial charge in [-0.05, 0) is 36.1 Å². The Morgan fingerprint density at radius 1 is 1.19 bits per heavy atom. The molecule has 7 heteroatoms. The number of nitro groups is 1. The molecular weight excluding hydrogens is 310 g/mol. The minimum Gasteiger partial charge on any atom is -0.384 e. The van der Waals surface area contributed by atoms with E-state index in [4.69, 9.17) is 0 Å². The van der Waals surface area contributed by atoms with E-state index < -0.39 is 4.92 Å². The zero-order valence-electron chi connectivity index (χ0n) is 11.7. The molecule has 1 heterocycles. The molecule has 2 N–H and O–H groups in total. The number of thiophene rings is 1. The molecule has 0 radical (unpaired) electrons. The molecule has 0 atom stereocenters. The molecule has 5 nitrogen and oxygen atoms in total. The summed E-state index contributed by atoms with van der Waals surface area (Å²) in [6.07, 6.45) is 0. The number of aryl methyl sites for hydroxylation is 1. The van der Waals surface area contributed by atoms with Gasteiger partial charge >= 0.3 is 0 Å². The Labute approximate surface area is 133 Å². The SMILES string of the molecule is Cc1ccsc1CNCCNc1ccc([N+](=O)[O-])cc1.Cl. The summed E-state index contributed by atoms with van der Waals surface area (Å²) >= 11 is 1.76. The number of hydrogen-bond donors (Lipinski definition) is 2. The van der Waals surface area contributed by atoms with Crippen LogP contribution in [0, 0.1) is 17.0 Å². The molecule has 0 aliphatic carbocycles. The first-order valence-corrected chi connectivity index (χ1v) is 7.27. The van der Waals surface area contributed by atoms with Crippen molar-refractivity contribution in [3.8, 4) is 0 Å². The quantitative estimate of drug-likeness (QED) is 0.463. The Balaban J connectivity index is 0.00000220. The van der Waals surface area contributed by atoms with Crippen molar-refractivity contribution in [3.05, 3.63) is 56.3 Å². The van der Waals surface area contributed by atoms with E-state index in [1.807, 2.05) is 0 Å². The summed E-state index contributed by atoms with van der Waals surface area (Å²) in [5.41, 5.74) is 2.33. The minimum atomic E-state index is -0.394. The molecular formula is C14H18ClN3O2S.